The molecule has 6 nitrogen and oxygen atoms in total. The van der Waals surface area contributed by atoms with Gasteiger partial charge in [0.2, 0.25) is 5.91 Å². The summed E-state index contributed by atoms with van der Waals surface area (Å²) in [4.78, 5) is 21.9. The Kier molecular flexibility index (Phi) is 4.62. The smallest absolute Gasteiger partial charge is 0.292 e. The average Bonchev–Trinajstić information content (AvgIpc) is 2.89. The Morgan fingerprint density at radius 3 is 2.75 bits per heavy atom. The van der Waals surface area contributed by atoms with Crippen LogP contribution >= 0.6 is 0 Å². The van der Waals surface area contributed by atoms with Gasteiger partial charge in [-0.25, -0.2) is 4.39 Å². The third-order valence-corrected chi connectivity index (χ3v) is 3.34. The van der Waals surface area contributed by atoms with Gasteiger partial charge in [-0.1, -0.05) is 12.8 Å². The fourth-order valence-corrected chi connectivity index (χ4v) is 2.33. The Balaban J connectivity index is 1.96. The van der Waals surface area contributed by atoms with Crippen LogP contribution in [0.1, 0.15) is 25.7 Å². The second-order valence-corrected chi connectivity index (χ2v) is 4.83. The number of hydrogen-bond acceptors (Lipinski definition) is 4. The summed E-state index contributed by atoms with van der Waals surface area (Å²) in [6.07, 6.45) is 4.37. The van der Waals surface area contributed by atoms with Crippen LogP contribution in [-0.4, -0.2) is 23.4 Å². The molecule has 1 aromatic rings. The minimum Gasteiger partial charge on any atom is -0.319 e. The first-order valence-corrected chi connectivity index (χ1v) is 6.53. The molecule has 1 fully saturated rings. The fourth-order valence-electron chi connectivity index (χ4n) is 2.33. The van der Waals surface area contributed by atoms with Crippen molar-refractivity contribution in [2.75, 3.05) is 11.9 Å². The predicted molar refractivity (Wildman–Crippen MR) is 71.9 cm³/mol. The van der Waals surface area contributed by atoms with E-state index in [-0.39, 0.29) is 17.9 Å². The maximum absolute atomic E-state index is 13.1. The molecule has 1 saturated carbocycles. The normalized spacial score (nSPS) is 15.2. The Labute approximate surface area is 115 Å². The van der Waals surface area contributed by atoms with Gasteiger partial charge >= 0.3 is 0 Å². The van der Waals surface area contributed by atoms with Crippen molar-refractivity contribution in [3.05, 3.63) is 34.1 Å². The molecule has 0 aliphatic heterocycles. The molecule has 0 heterocycles. The van der Waals surface area contributed by atoms with Crippen molar-refractivity contribution in [2.24, 2.45) is 0 Å². The summed E-state index contributed by atoms with van der Waals surface area (Å²) in [6.45, 7) is 0.0678. The number of carbonyl (C=O) groups excluding carboxylic acids is 1. The van der Waals surface area contributed by atoms with Gasteiger partial charge in [0.25, 0.3) is 5.69 Å². The molecule has 1 aliphatic rings. The average molecular weight is 281 g/mol. The molecule has 108 valence electrons. The maximum atomic E-state index is 13.1. The highest BCUT2D eigenvalue weighted by atomic mass is 19.1. The van der Waals surface area contributed by atoms with Gasteiger partial charge in [0.05, 0.1) is 11.5 Å². The molecule has 0 atom stereocenters. The number of hydrogen-bond donors (Lipinski definition) is 2. The SMILES string of the molecule is O=C(CNC1CCCC1)Nc1cc(F)ccc1[N+](=O)[O-]. The molecule has 0 radical (unpaired) electrons. The molecule has 1 aliphatic carbocycles. The number of rotatable bonds is 5. The minimum absolute atomic E-state index is 0.0678. The first-order chi connectivity index (χ1) is 9.56. The minimum atomic E-state index is -0.653. The number of halogens is 1. The largest absolute Gasteiger partial charge is 0.319 e. The standard InChI is InChI=1S/C13H16FN3O3/c14-9-5-6-12(17(19)20)11(7-9)16-13(18)8-15-10-3-1-2-4-10/h5-7,10,15H,1-4,8H2,(H,16,18). The van der Waals surface area contributed by atoms with E-state index in [9.17, 15) is 19.3 Å². The van der Waals surface area contributed by atoms with Gasteiger partial charge in [-0.3, -0.25) is 14.9 Å². The maximum Gasteiger partial charge on any atom is 0.292 e. The van der Waals surface area contributed by atoms with Gasteiger partial charge in [-0.2, -0.15) is 0 Å². The van der Waals surface area contributed by atoms with Crippen LogP contribution in [-0.2, 0) is 4.79 Å². The molecular weight excluding hydrogens is 265 g/mol. The molecule has 0 unspecified atom stereocenters. The molecule has 7 heteroatoms. The van der Waals surface area contributed by atoms with Gasteiger partial charge in [-0.15, -0.1) is 0 Å². The summed E-state index contributed by atoms with van der Waals surface area (Å²) in [5, 5.41) is 16.3. The summed E-state index contributed by atoms with van der Waals surface area (Å²) in [5.41, 5.74) is -0.436. The molecule has 0 saturated heterocycles. The molecule has 1 aromatic carbocycles. The fraction of sp³-hybridized carbons (Fsp3) is 0.462. The number of nitrogens with zero attached hydrogens (tertiary/aromatic N) is 1. The van der Waals surface area contributed by atoms with Crippen molar-refractivity contribution >= 4 is 17.3 Å². The van der Waals surface area contributed by atoms with E-state index in [1.165, 1.54) is 0 Å². The number of nitrogens with one attached hydrogen (secondary N) is 2. The summed E-state index contributed by atoms with van der Waals surface area (Å²) >= 11 is 0. The lowest BCUT2D eigenvalue weighted by Gasteiger charge is -2.11. The van der Waals surface area contributed by atoms with Crippen LogP contribution in [0.5, 0.6) is 0 Å². The number of anilines is 1. The summed E-state index contributed by atoms with van der Waals surface area (Å²) in [5.74, 6) is -1.04. The zero-order valence-electron chi connectivity index (χ0n) is 10.9. The lowest BCUT2D eigenvalue weighted by molar-refractivity contribution is -0.384. The van der Waals surface area contributed by atoms with E-state index in [0.29, 0.717) is 6.04 Å². The van der Waals surface area contributed by atoms with E-state index in [4.69, 9.17) is 0 Å². The van der Waals surface area contributed by atoms with Gasteiger partial charge < -0.3 is 10.6 Å². The summed E-state index contributed by atoms with van der Waals surface area (Å²) < 4.78 is 13.1. The van der Waals surface area contributed by atoms with Crippen LogP contribution in [0.3, 0.4) is 0 Å². The van der Waals surface area contributed by atoms with E-state index >= 15 is 0 Å². The van der Waals surface area contributed by atoms with E-state index in [2.05, 4.69) is 10.6 Å². The van der Waals surface area contributed by atoms with Gasteiger partial charge in [0.15, 0.2) is 0 Å². The Morgan fingerprint density at radius 1 is 1.40 bits per heavy atom. The van der Waals surface area contributed by atoms with Crippen molar-refractivity contribution in [2.45, 2.75) is 31.7 Å². The van der Waals surface area contributed by atoms with Crippen molar-refractivity contribution in [3.8, 4) is 0 Å². The molecule has 1 amide bonds. The van der Waals surface area contributed by atoms with Gasteiger partial charge in [0.1, 0.15) is 11.5 Å². The molecule has 0 bridgehead atoms. The second kappa shape index (κ2) is 6.42. The Hall–Kier alpha value is -2.02. The summed E-state index contributed by atoms with van der Waals surface area (Å²) in [7, 11) is 0. The van der Waals surface area contributed by atoms with E-state index in [1.807, 2.05) is 0 Å². The highest BCUT2D eigenvalue weighted by Crippen LogP contribution is 2.24. The van der Waals surface area contributed by atoms with Crippen LogP contribution in [0.2, 0.25) is 0 Å². The van der Waals surface area contributed by atoms with Crippen molar-refractivity contribution in [1.82, 2.24) is 5.32 Å². The number of amides is 1. The van der Waals surface area contributed by atoms with Crippen LogP contribution in [0, 0.1) is 15.9 Å². The second-order valence-electron chi connectivity index (χ2n) is 4.83. The number of carbonyl (C=O) groups is 1. The predicted octanol–water partition coefficient (Wildman–Crippen LogP) is 2.20. The zero-order valence-corrected chi connectivity index (χ0v) is 10.9. The van der Waals surface area contributed by atoms with Crippen molar-refractivity contribution < 1.29 is 14.1 Å². The first kappa shape index (κ1) is 14.4. The molecule has 2 rings (SSSR count). The van der Waals surface area contributed by atoms with Crippen LogP contribution in [0.4, 0.5) is 15.8 Å². The molecule has 2 N–H and O–H groups in total. The van der Waals surface area contributed by atoms with Crippen molar-refractivity contribution in [1.29, 1.82) is 0 Å². The third-order valence-electron chi connectivity index (χ3n) is 3.34. The van der Waals surface area contributed by atoms with Crippen LogP contribution < -0.4 is 10.6 Å². The first-order valence-electron chi connectivity index (χ1n) is 6.53. The van der Waals surface area contributed by atoms with Crippen LogP contribution in [0.25, 0.3) is 0 Å². The third kappa shape index (κ3) is 3.74. The molecule has 20 heavy (non-hydrogen) atoms. The number of benzene rings is 1. The van der Waals surface area contributed by atoms with Crippen LogP contribution in [0.15, 0.2) is 18.2 Å². The van der Waals surface area contributed by atoms with E-state index < -0.39 is 16.6 Å². The zero-order chi connectivity index (χ0) is 14.5. The summed E-state index contributed by atoms with van der Waals surface area (Å²) in [6, 6.07) is 3.30. The number of nitro benzene ring substituents is 1. The highest BCUT2D eigenvalue weighted by molar-refractivity contribution is 5.94. The topological polar surface area (TPSA) is 84.3 Å². The van der Waals surface area contributed by atoms with E-state index in [0.717, 1.165) is 43.9 Å². The van der Waals surface area contributed by atoms with E-state index in [1.54, 1.807) is 0 Å². The quantitative estimate of drug-likeness (QED) is 0.640. The monoisotopic (exact) mass is 281 g/mol. The lowest BCUT2D eigenvalue weighted by atomic mass is 10.2. The molecular formula is C13H16FN3O3. The van der Waals surface area contributed by atoms with Gasteiger partial charge in [-0.05, 0) is 18.9 Å². The van der Waals surface area contributed by atoms with Gasteiger partial charge in [0, 0.05) is 18.2 Å². The Bertz CT molecular complexity index is 516. The Morgan fingerprint density at radius 2 is 2.10 bits per heavy atom. The molecule has 0 aromatic heterocycles. The number of nitro groups is 1. The lowest BCUT2D eigenvalue weighted by Crippen LogP contribution is -2.34. The van der Waals surface area contributed by atoms with Crippen molar-refractivity contribution in [3.63, 3.8) is 0 Å². The molecule has 0 spiro atoms. The highest BCUT2D eigenvalue weighted by Gasteiger charge is 2.18.